The highest BCUT2D eigenvalue weighted by molar-refractivity contribution is 9.10. The van der Waals surface area contributed by atoms with Crippen molar-refractivity contribution in [1.82, 2.24) is 20.2 Å². The fourth-order valence-electron chi connectivity index (χ4n) is 1.96. The van der Waals surface area contributed by atoms with E-state index in [2.05, 4.69) is 31.5 Å². The summed E-state index contributed by atoms with van der Waals surface area (Å²) in [5, 5.41) is 11.7. The van der Waals surface area contributed by atoms with Crippen molar-refractivity contribution in [3.05, 3.63) is 58.3 Å². The van der Waals surface area contributed by atoms with Crippen molar-refractivity contribution in [2.45, 2.75) is 6.54 Å². The number of nitrogens with two attached hydrogens (primary N) is 1. The molecule has 0 amide bonds. The maximum Gasteiger partial charge on any atom is 0.182 e. The Morgan fingerprint density at radius 2 is 1.90 bits per heavy atom. The Labute approximate surface area is 128 Å². The summed E-state index contributed by atoms with van der Waals surface area (Å²) in [7, 11) is 0. The number of nitrogens with zero attached hydrogens (tertiary/aromatic N) is 4. The first-order chi connectivity index (χ1) is 10.1. The first-order valence-electron chi connectivity index (χ1n) is 6.19. The molecule has 0 unspecified atom stereocenters. The quantitative estimate of drug-likeness (QED) is 0.739. The van der Waals surface area contributed by atoms with Crippen molar-refractivity contribution in [1.29, 1.82) is 0 Å². The molecule has 3 aromatic rings. The number of tetrazole rings is 1. The summed E-state index contributed by atoms with van der Waals surface area (Å²) in [5.41, 5.74) is 8.23. The number of nitrogen functional groups attached to an aromatic ring is 1. The third kappa shape index (κ3) is 2.92. The molecule has 1 heterocycles. The van der Waals surface area contributed by atoms with Crippen molar-refractivity contribution in [2.24, 2.45) is 0 Å². The minimum Gasteiger partial charge on any atom is -0.398 e. The van der Waals surface area contributed by atoms with Crippen molar-refractivity contribution in [2.75, 3.05) is 5.73 Å². The van der Waals surface area contributed by atoms with Gasteiger partial charge in [0, 0.05) is 15.7 Å². The number of hydrogen-bond acceptors (Lipinski definition) is 4. The average Bonchev–Trinajstić information content (AvgIpc) is 2.92. The lowest BCUT2D eigenvalue weighted by Gasteiger charge is -2.06. The Hall–Kier alpha value is -2.28. The highest BCUT2D eigenvalue weighted by Gasteiger charge is 2.10. The number of rotatable bonds is 3. The maximum atomic E-state index is 12.9. The lowest BCUT2D eigenvalue weighted by molar-refractivity contribution is 0.622. The Morgan fingerprint density at radius 3 is 2.62 bits per heavy atom. The maximum absolute atomic E-state index is 12.9. The smallest absolute Gasteiger partial charge is 0.182 e. The Balaban J connectivity index is 1.93. The fourth-order valence-corrected chi connectivity index (χ4v) is 2.21. The molecule has 0 spiro atoms. The molecule has 0 saturated carbocycles. The van der Waals surface area contributed by atoms with E-state index in [1.165, 1.54) is 12.1 Å². The molecule has 5 nitrogen and oxygen atoms in total. The van der Waals surface area contributed by atoms with E-state index >= 15 is 0 Å². The summed E-state index contributed by atoms with van der Waals surface area (Å²) in [4.78, 5) is 0. The second-order valence-corrected chi connectivity index (χ2v) is 5.38. The van der Waals surface area contributed by atoms with Gasteiger partial charge in [-0.3, -0.25) is 0 Å². The van der Waals surface area contributed by atoms with Gasteiger partial charge in [-0.1, -0.05) is 12.1 Å². The Morgan fingerprint density at radius 1 is 1.14 bits per heavy atom. The van der Waals surface area contributed by atoms with Gasteiger partial charge in [0.25, 0.3) is 0 Å². The topological polar surface area (TPSA) is 69.6 Å². The molecule has 106 valence electrons. The van der Waals surface area contributed by atoms with E-state index in [0.29, 0.717) is 18.1 Å². The molecule has 7 heteroatoms. The summed E-state index contributed by atoms with van der Waals surface area (Å²) < 4.78 is 15.4. The zero-order chi connectivity index (χ0) is 14.8. The summed E-state index contributed by atoms with van der Waals surface area (Å²) in [5.74, 6) is 0.342. The number of hydrogen-bond donors (Lipinski definition) is 1. The van der Waals surface area contributed by atoms with Crippen LogP contribution >= 0.6 is 15.9 Å². The van der Waals surface area contributed by atoms with Gasteiger partial charge in [0.05, 0.1) is 6.54 Å². The van der Waals surface area contributed by atoms with Gasteiger partial charge >= 0.3 is 0 Å². The Kier molecular flexibility index (Phi) is 3.66. The Bertz CT molecular complexity index is 769. The second-order valence-electron chi connectivity index (χ2n) is 4.52. The van der Waals surface area contributed by atoms with Gasteiger partial charge in [0.1, 0.15) is 5.82 Å². The van der Waals surface area contributed by atoms with Crippen LogP contribution in [0.25, 0.3) is 11.4 Å². The lowest BCUT2D eigenvalue weighted by Crippen LogP contribution is -2.04. The monoisotopic (exact) mass is 347 g/mol. The standard InChI is InChI=1S/C14H11BrFN5/c15-12-6-3-10(7-13(12)17)14-18-19-20-21(14)8-9-1-4-11(16)5-2-9/h1-7H,8,17H2. The predicted octanol–water partition coefficient (Wildman–Crippen LogP) is 2.87. The van der Waals surface area contributed by atoms with Crippen LogP contribution in [0.4, 0.5) is 10.1 Å². The summed E-state index contributed by atoms with van der Waals surface area (Å²) in [6.45, 7) is 0.457. The van der Waals surface area contributed by atoms with Gasteiger partial charge in [-0.15, -0.1) is 5.10 Å². The van der Waals surface area contributed by atoms with Crippen LogP contribution in [0.15, 0.2) is 46.9 Å². The number of anilines is 1. The van der Waals surface area contributed by atoms with Crippen molar-refractivity contribution in [3.8, 4) is 11.4 Å². The zero-order valence-electron chi connectivity index (χ0n) is 10.9. The molecule has 2 aromatic carbocycles. The van der Waals surface area contributed by atoms with E-state index in [-0.39, 0.29) is 5.82 Å². The second kappa shape index (κ2) is 5.61. The van der Waals surface area contributed by atoms with E-state index in [0.717, 1.165) is 15.6 Å². The molecule has 0 fully saturated rings. The van der Waals surface area contributed by atoms with Gasteiger partial charge in [-0.2, -0.15) is 0 Å². The van der Waals surface area contributed by atoms with E-state index in [1.54, 1.807) is 22.9 Å². The normalized spacial score (nSPS) is 10.8. The van der Waals surface area contributed by atoms with Crippen LogP contribution in [0.3, 0.4) is 0 Å². The first kappa shape index (κ1) is 13.7. The minimum atomic E-state index is -0.267. The first-order valence-corrected chi connectivity index (χ1v) is 6.99. The molecular formula is C14H11BrFN5. The molecule has 1 aromatic heterocycles. The third-order valence-electron chi connectivity index (χ3n) is 3.03. The molecule has 2 N–H and O–H groups in total. The predicted molar refractivity (Wildman–Crippen MR) is 80.9 cm³/mol. The van der Waals surface area contributed by atoms with Gasteiger partial charge in [-0.05, 0) is 62.3 Å². The van der Waals surface area contributed by atoms with Crippen molar-refractivity contribution in [3.63, 3.8) is 0 Å². The van der Waals surface area contributed by atoms with Crippen molar-refractivity contribution >= 4 is 21.6 Å². The van der Waals surface area contributed by atoms with Crippen LogP contribution in [0.2, 0.25) is 0 Å². The van der Waals surface area contributed by atoms with Crippen LogP contribution in [0.1, 0.15) is 5.56 Å². The third-order valence-corrected chi connectivity index (χ3v) is 3.75. The molecule has 0 bridgehead atoms. The van der Waals surface area contributed by atoms with Gasteiger partial charge < -0.3 is 5.73 Å². The highest BCUT2D eigenvalue weighted by atomic mass is 79.9. The van der Waals surface area contributed by atoms with Gasteiger partial charge in [-0.25, -0.2) is 9.07 Å². The number of benzene rings is 2. The van der Waals surface area contributed by atoms with Crippen LogP contribution < -0.4 is 5.73 Å². The average molecular weight is 348 g/mol. The molecule has 0 saturated heterocycles. The SMILES string of the molecule is Nc1cc(-c2nnnn2Cc2ccc(F)cc2)ccc1Br. The van der Waals surface area contributed by atoms with E-state index in [9.17, 15) is 4.39 Å². The van der Waals surface area contributed by atoms with Gasteiger partial charge in [0.15, 0.2) is 5.82 Å². The molecule has 0 aliphatic heterocycles. The van der Waals surface area contributed by atoms with Crippen LogP contribution in [-0.2, 0) is 6.54 Å². The summed E-state index contributed by atoms with van der Waals surface area (Å²) >= 11 is 3.35. The van der Waals surface area contributed by atoms with Crippen LogP contribution in [0, 0.1) is 5.82 Å². The molecule has 0 aliphatic carbocycles. The fraction of sp³-hybridized carbons (Fsp3) is 0.0714. The molecule has 0 radical (unpaired) electrons. The lowest BCUT2D eigenvalue weighted by atomic mass is 10.2. The molecule has 21 heavy (non-hydrogen) atoms. The molecular weight excluding hydrogens is 337 g/mol. The highest BCUT2D eigenvalue weighted by Crippen LogP contribution is 2.25. The molecule has 0 atom stereocenters. The van der Waals surface area contributed by atoms with E-state index < -0.39 is 0 Å². The minimum absolute atomic E-state index is 0.267. The summed E-state index contributed by atoms with van der Waals surface area (Å²) in [6.07, 6.45) is 0. The number of halogens is 2. The van der Waals surface area contributed by atoms with Crippen molar-refractivity contribution < 1.29 is 4.39 Å². The molecule has 3 rings (SSSR count). The van der Waals surface area contributed by atoms with E-state index in [4.69, 9.17) is 5.73 Å². The van der Waals surface area contributed by atoms with Crippen LogP contribution in [-0.4, -0.2) is 20.2 Å². The van der Waals surface area contributed by atoms with Gasteiger partial charge in [0.2, 0.25) is 0 Å². The largest absolute Gasteiger partial charge is 0.398 e. The zero-order valence-corrected chi connectivity index (χ0v) is 12.5. The summed E-state index contributed by atoms with van der Waals surface area (Å²) in [6, 6.07) is 11.8. The number of aromatic nitrogens is 4. The van der Waals surface area contributed by atoms with Crippen LogP contribution in [0.5, 0.6) is 0 Å². The molecule has 0 aliphatic rings. The van der Waals surface area contributed by atoms with E-state index in [1.807, 2.05) is 12.1 Å².